The van der Waals surface area contributed by atoms with Crippen LogP contribution in [0, 0.1) is 0 Å². The van der Waals surface area contributed by atoms with Gasteiger partial charge in [0.25, 0.3) is 0 Å². The molecule has 0 amide bonds. The molecule has 0 bridgehead atoms. The van der Waals surface area contributed by atoms with Gasteiger partial charge in [-0.05, 0) is 47.9 Å². The highest BCUT2D eigenvalue weighted by Gasteiger charge is 2.22. The first-order valence-electron chi connectivity index (χ1n) is 7.60. The fraction of sp³-hybridized carbons (Fsp3) is 0.389. The summed E-state index contributed by atoms with van der Waals surface area (Å²) in [5.74, 6) is 0. The van der Waals surface area contributed by atoms with Crippen molar-refractivity contribution in [2.45, 2.75) is 38.4 Å². The summed E-state index contributed by atoms with van der Waals surface area (Å²) in [6.07, 6.45) is 7.76. The summed E-state index contributed by atoms with van der Waals surface area (Å²) in [6, 6.07) is 10.7. The molecule has 0 fully saturated rings. The Kier molecular flexibility index (Phi) is 4.63. The summed E-state index contributed by atoms with van der Waals surface area (Å²) in [5.41, 5.74) is 5.02. The highest BCUT2D eigenvalue weighted by atomic mass is 16.5. The number of aliphatic hydroxyl groups is 1. The van der Waals surface area contributed by atoms with Crippen LogP contribution < -0.4 is 0 Å². The molecule has 1 aromatic carbocycles. The fourth-order valence-corrected chi connectivity index (χ4v) is 2.93. The zero-order valence-electron chi connectivity index (χ0n) is 12.2. The van der Waals surface area contributed by atoms with Crippen LogP contribution in [0.4, 0.5) is 0 Å². The minimum Gasteiger partial charge on any atom is -0.396 e. The number of rotatable bonds is 6. The van der Waals surface area contributed by atoms with E-state index in [0.29, 0.717) is 6.61 Å². The van der Waals surface area contributed by atoms with E-state index >= 15 is 0 Å². The molecule has 1 heterocycles. The number of benzene rings is 1. The third-order valence-electron chi connectivity index (χ3n) is 4.00. The zero-order chi connectivity index (χ0) is 14.5. The summed E-state index contributed by atoms with van der Waals surface area (Å²) < 4.78 is 6.09. The first-order chi connectivity index (χ1) is 10.4. The quantitative estimate of drug-likeness (QED) is 0.885. The number of aliphatic hydroxyl groups excluding tert-OH is 1. The minimum absolute atomic E-state index is 0.210. The molecule has 0 unspecified atom stereocenters. The van der Waals surface area contributed by atoms with Crippen LogP contribution in [0.25, 0.3) is 0 Å². The van der Waals surface area contributed by atoms with Crippen molar-refractivity contribution in [2.75, 3.05) is 6.61 Å². The van der Waals surface area contributed by atoms with Crippen LogP contribution in [-0.2, 0) is 24.2 Å². The van der Waals surface area contributed by atoms with Crippen molar-refractivity contribution in [2.24, 2.45) is 0 Å². The Morgan fingerprint density at radius 2 is 2.05 bits per heavy atom. The second-order valence-electron chi connectivity index (χ2n) is 5.57. The van der Waals surface area contributed by atoms with Crippen molar-refractivity contribution in [3.8, 4) is 0 Å². The topological polar surface area (TPSA) is 42.4 Å². The van der Waals surface area contributed by atoms with Gasteiger partial charge in [-0.3, -0.25) is 4.98 Å². The van der Waals surface area contributed by atoms with Crippen LogP contribution in [0.2, 0.25) is 0 Å². The van der Waals surface area contributed by atoms with Crippen molar-refractivity contribution in [1.82, 2.24) is 4.98 Å². The van der Waals surface area contributed by atoms with E-state index in [-0.39, 0.29) is 12.7 Å². The predicted octanol–water partition coefficient (Wildman–Crippen LogP) is 3.21. The second kappa shape index (κ2) is 6.83. The Labute approximate surface area is 125 Å². The molecule has 0 aliphatic heterocycles. The molecule has 1 aliphatic carbocycles. The van der Waals surface area contributed by atoms with E-state index in [1.165, 1.54) is 11.1 Å². The lowest BCUT2D eigenvalue weighted by atomic mass is 10.1. The number of aromatic nitrogens is 1. The zero-order valence-corrected chi connectivity index (χ0v) is 12.2. The second-order valence-corrected chi connectivity index (χ2v) is 5.57. The molecule has 3 rings (SSSR count). The highest BCUT2D eigenvalue weighted by molar-refractivity contribution is 5.33. The summed E-state index contributed by atoms with van der Waals surface area (Å²) in [6.45, 7) is 0.818. The first-order valence-corrected chi connectivity index (χ1v) is 7.60. The maximum absolute atomic E-state index is 8.89. The number of fused-ring (bicyclic) bond motifs is 1. The molecule has 110 valence electrons. The molecule has 3 nitrogen and oxygen atoms in total. The fourth-order valence-electron chi connectivity index (χ4n) is 2.93. The van der Waals surface area contributed by atoms with E-state index in [4.69, 9.17) is 9.84 Å². The van der Waals surface area contributed by atoms with Gasteiger partial charge in [0, 0.05) is 19.0 Å². The molecule has 1 aliphatic rings. The maximum Gasteiger partial charge on any atom is 0.0835 e. The molecule has 0 spiro atoms. The lowest BCUT2D eigenvalue weighted by Gasteiger charge is -2.13. The van der Waals surface area contributed by atoms with Crippen LogP contribution in [0.1, 0.15) is 41.2 Å². The molecule has 1 atom stereocenters. The molecule has 1 aromatic heterocycles. The SMILES string of the molecule is OCCCc1cncc(CO[C@@H]2CCc3ccccc32)c1. The average molecular weight is 283 g/mol. The number of pyridine rings is 1. The predicted molar refractivity (Wildman–Crippen MR) is 81.9 cm³/mol. The molecule has 2 aromatic rings. The Balaban J connectivity index is 1.61. The molecular weight excluding hydrogens is 262 g/mol. The van der Waals surface area contributed by atoms with Crippen molar-refractivity contribution >= 4 is 0 Å². The molecule has 0 saturated carbocycles. The molecule has 0 radical (unpaired) electrons. The first kappa shape index (κ1) is 14.2. The summed E-state index contributed by atoms with van der Waals surface area (Å²) in [7, 11) is 0. The van der Waals surface area contributed by atoms with Crippen LogP contribution >= 0.6 is 0 Å². The maximum atomic E-state index is 8.89. The third kappa shape index (κ3) is 3.49. The van der Waals surface area contributed by atoms with Gasteiger partial charge in [0.05, 0.1) is 12.7 Å². The van der Waals surface area contributed by atoms with Crippen LogP contribution in [0.15, 0.2) is 42.7 Å². The molecule has 1 N–H and O–H groups in total. The Bertz CT molecular complexity index is 597. The van der Waals surface area contributed by atoms with E-state index in [2.05, 4.69) is 35.3 Å². The van der Waals surface area contributed by atoms with E-state index in [0.717, 1.165) is 36.8 Å². The van der Waals surface area contributed by atoms with E-state index < -0.39 is 0 Å². The molecular formula is C18H21NO2. The number of nitrogens with zero attached hydrogens (tertiary/aromatic N) is 1. The minimum atomic E-state index is 0.210. The Morgan fingerprint density at radius 3 is 2.95 bits per heavy atom. The van der Waals surface area contributed by atoms with Crippen LogP contribution in [0.3, 0.4) is 0 Å². The summed E-state index contributed by atoms with van der Waals surface area (Å²) in [5, 5.41) is 8.89. The van der Waals surface area contributed by atoms with Crippen LogP contribution in [-0.4, -0.2) is 16.7 Å². The number of ether oxygens (including phenoxy) is 1. The molecule has 3 heteroatoms. The van der Waals surface area contributed by atoms with Gasteiger partial charge in [-0.2, -0.15) is 0 Å². The van der Waals surface area contributed by atoms with Crippen molar-refractivity contribution in [3.05, 3.63) is 65.0 Å². The Hall–Kier alpha value is -1.71. The summed E-state index contributed by atoms with van der Waals surface area (Å²) in [4.78, 5) is 4.27. The van der Waals surface area contributed by atoms with Gasteiger partial charge >= 0.3 is 0 Å². The van der Waals surface area contributed by atoms with Gasteiger partial charge in [0.1, 0.15) is 0 Å². The number of hydrogen-bond donors (Lipinski definition) is 1. The summed E-state index contributed by atoms with van der Waals surface area (Å²) >= 11 is 0. The highest BCUT2D eigenvalue weighted by Crippen LogP contribution is 2.34. The molecule has 0 saturated heterocycles. The third-order valence-corrected chi connectivity index (χ3v) is 4.00. The van der Waals surface area contributed by atoms with Gasteiger partial charge in [0.2, 0.25) is 0 Å². The van der Waals surface area contributed by atoms with Gasteiger partial charge in [0.15, 0.2) is 0 Å². The lowest BCUT2D eigenvalue weighted by molar-refractivity contribution is 0.0409. The van der Waals surface area contributed by atoms with Crippen molar-refractivity contribution in [3.63, 3.8) is 0 Å². The van der Waals surface area contributed by atoms with E-state index in [1.54, 1.807) is 0 Å². The number of hydrogen-bond acceptors (Lipinski definition) is 3. The molecule has 21 heavy (non-hydrogen) atoms. The van der Waals surface area contributed by atoms with Crippen molar-refractivity contribution in [1.29, 1.82) is 0 Å². The van der Waals surface area contributed by atoms with E-state index in [9.17, 15) is 0 Å². The Morgan fingerprint density at radius 1 is 1.19 bits per heavy atom. The number of aryl methyl sites for hydroxylation is 2. The normalized spacial score (nSPS) is 16.9. The largest absolute Gasteiger partial charge is 0.396 e. The van der Waals surface area contributed by atoms with Gasteiger partial charge in [-0.15, -0.1) is 0 Å². The smallest absolute Gasteiger partial charge is 0.0835 e. The average Bonchev–Trinajstić information content (AvgIpc) is 2.95. The van der Waals surface area contributed by atoms with Crippen LogP contribution in [0.5, 0.6) is 0 Å². The van der Waals surface area contributed by atoms with Gasteiger partial charge < -0.3 is 9.84 Å². The van der Waals surface area contributed by atoms with E-state index in [1.807, 2.05) is 12.4 Å². The lowest BCUT2D eigenvalue weighted by Crippen LogP contribution is -2.02. The monoisotopic (exact) mass is 283 g/mol. The van der Waals surface area contributed by atoms with Gasteiger partial charge in [-0.25, -0.2) is 0 Å². The van der Waals surface area contributed by atoms with Crippen molar-refractivity contribution < 1.29 is 9.84 Å². The van der Waals surface area contributed by atoms with Gasteiger partial charge in [-0.1, -0.05) is 30.3 Å². The standard InChI is InChI=1S/C18H21NO2/c20-9-3-4-14-10-15(12-19-11-14)13-21-18-8-7-16-5-1-2-6-17(16)18/h1-2,5-6,10-12,18,20H,3-4,7-9,13H2/t18-/m1/s1.